The number of rotatable bonds is 3. The molecule has 0 radical (unpaired) electrons. The summed E-state index contributed by atoms with van der Waals surface area (Å²) in [6.07, 6.45) is 0.931. The lowest BCUT2D eigenvalue weighted by molar-refractivity contribution is -0.134. The second-order valence-electron chi connectivity index (χ2n) is 5.65. The molecule has 0 bridgehead atoms. The molecule has 1 aromatic heterocycles. The van der Waals surface area contributed by atoms with Gasteiger partial charge in [0.2, 0.25) is 5.67 Å². The Morgan fingerprint density at radius 2 is 2.12 bits per heavy atom. The molecule has 130 valence electrons. The Kier molecular flexibility index (Phi) is 4.75. The molecule has 2 aromatic rings. The highest BCUT2D eigenvalue weighted by Gasteiger charge is 2.46. The summed E-state index contributed by atoms with van der Waals surface area (Å²) in [5.41, 5.74) is -2.54. The standard InChI is InChI=1S/C17H12Cl2F2N2O2/c18-9-6-12(19)10(13(20)7-9)8-23-16(25)17(21)4-3-14(24)15-11(17)2-1-5-22-15/h1-2,5-7H,3-4,8H2,(H,23,25)/t17-/m0/s1. The van der Waals surface area contributed by atoms with Gasteiger partial charge in [-0.2, -0.15) is 0 Å². The lowest BCUT2D eigenvalue weighted by Crippen LogP contribution is -2.44. The van der Waals surface area contributed by atoms with Crippen LogP contribution in [-0.4, -0.2) is 16.7 Å². The van der Waals surface area contributed by atoms with Crippen molar-refractivity contribution in [3.8, 4) is 0 Å². The first kappa shape index (κ1) is 17.8. The largest absolute Gasteiger partial charge is 0.349 e. The highest BCUT2D eigenvalue weighted by atomic mass is 35.5. The zero-order chi connectivity index (χ0) is 18.2. The number of carbonyl (C=O) groups excluding carboxylic acids is 2. The number of halogens is 4. The van der Waals surface area contributed by atoms with Gasteiger partial charge in [-0.15, -0.1) is 0 Å². The Bertz CT molecular complexity index is 852. The van der Waals surface area contributed by atoms with Crippen LogP contribution in [0.1, 0.15) is 34.5 Å². The molecule has 25 heavy (non-hydrogen) atoms. The molecule has 4 nitrogen and oxygen atoms in total. The molecular weight excluding hydrogens is 373 g/mol. The number of hydrogen-bond donors (Lipinski definition) is 1. The maximum Gasteiger partial charge on any atom is 0.262 e. The van der Waals surface area contributed by atoms with Crippen LogP contribution in [0, 0.1) is 5.82 Å². The minimum Gasteiger partial charge on any atom is -0.349 e. The second kappa shape index (κ2) is 6.69. The molecule has 1 aliphatic rings. The predicted molar refractivity (Wildman–Crippen MR) is 88.9 cm³/mol. The fourth-order valence-electron chi connectivity index (χ4n) is 2.77. The average Bonchev–Trinajstić information content (AvgIpc) is 2.57. The zero-order valence-corrected chi connectivity index (χ0v) is 14.3. The molecule has 1 N–H and O–H groups in total. The SMILES string of the molecule is O=C1CC[C@@](F)(C(=O)NCc2c(F)cc(Cl)cc2Cl)c2cccnc21. The molecule has 1 amide bonds. The summed E-state index contributed by atoms with van der Waals surface area (Å²) in [5, 5.41) is 2.49. The number of pyridine rings is 1. The molecule has 0 spiro atoms. The summed E-state index contributed by atoms with van der Waals surface area (Å²) >= 11 is 11.6. The summed E-state index contributed by atoms with van der Waals surface area (Å²) in [6.45, 7) is -0.310. The molecule has 8 heteroatoms. The number of hydrogen-bond acceptors (Lipinski definition) is 3. The van der Waals surface area contributed by atoms with Crippen LogP contribution in [0.25, 0.3) is 0 Å². The monoisotopic (exact) mass is 384 g/mol. The van der Waals surface area contributed by atoms with Crippen LogP contribution in [-0.2, 0) is 17.0 Å². The van der Waals surface area contributed by atoms with Crippen LogP contribution in [0.4, 0.5) is 8.78 Å². The topological polar surface area (TPSA) is 59.1 Å². The molecule has 1 atom stereocenters. The first-order valence-corrected chi connectivity index (χ1v) is 8.18. The Morgan fingerprint density at radius 3 is 2.84 bits per heavy atom. The second-order valence-corrected chi connectivity index (χ2v) is 6.50. The van der Waals surface area contributed by atoms with E-state index in [4.69, 9.17) is 23.2 Å². The molecule has 1 aromatic carbocycles. The van der Waals surface area contributed by atoms with E-state index in [2.05, 4.69) is 10.3 Å². The van der Waals surface area contributed by atoms with E-state index in [0.29, 0.717) is 0 Å². The number of ketones is 1. The third-order valence-corrected chi connectivity index (χ3v) is 4.64. The minimum atomic E-state index is -2.41. The predicted octanol–water partition coefficient (Wildman–Crippen LogP) is 3.99. The van der Waals surface area contributed by atoms with E-state index < -0.39 is 17.4 Å². The molecule has 0 saturated carbocycles. The van der Waals surface area contributed by atoms with Gasteiger partial charge >= 0.3 is 0 Å². The number of carbonyl (C=O) groups is 2. The van der Waals surface area contributed by atoms with Crippen molar-refractivity contribution in [1.29, 1.82) is 0 Å². The smallest absolute Gasteiger partial charge is 0.262 e. The van der Waals surface area contributed by atoms with Crippen LogP contribution in [0.2, 0.25) is 10.0 Å². The van der Waals surface area contributed by atoms with Gasteiger partial charge in [0.25, 0.3) is 5.91 Å². The molecule has 0 aliphatic heterocycles. The van der Waals surface area contributed by atoms with Crippen molar-refractivity contribution in [1.82, 2.24) is 10.3 Å². The number of nitrogens with one attached hydrogen (secondary N) is 1. The molecule has 3 rings (SSSR count). The maximum atomic E-state index is 15.3. The van der Waals surface area contributed by atoms with Crippen molar-refractivity contribution < 1.29 is 18.4 Å². The van der Waals surface area contributed by atoms with Crippen LogP contribution < -0.4 is 5.32 Å². The summed E-state index contributed by atoms with van der Waals surface area (Å²) in [6, 6.07) is 5.19. The van der Waals surface area contributed by atoms with Gasteiger partial charge in [-0.05, 0) is 18.2 Å². The highest BCUT2D eigenvalue weighted by molar-refractivity contribution is 6.35. The van der Waals surface area contributed by atoms with Crippen LogP contribution >= 0.6 is 23.2 Å². The summed E-state index contributed by atoms with van der Waals surface area (Å²) in [7, 11) is 0. The van der Waals surface area contributed by atoms with E-state index in [1.54, 1.807) is 0 Å². The summed E-state index contributed by atoms with van der Waals surface area (Å²) in [5.74, 6) is -1.99. The Labute approximate surface area is 152 Å². The molecular formula is C17H12Cl2F2N2O2. The van der Waals surface area contributed by atoms with E-state index in [1.807, 2.05) is 0 Å². The number of fused-ring (bicyclic) bond motifs is 1. The fraction of sp³-hybridized carbons (Fsp3) is 0.235. The van der Waals surface area contributed by atoms with Crippen molar-refractivity contribution in [2.24, 2.45) is 0 Å². The van der Waals surface area contributed by atoms with Crippen LogP contribution in [0.5, 0.6) is 0 Å². The number of alkyl halides is 1. The van der Waals surface area contributed by atoms with Crippen molar-refractivity contribution in [2.75, 3.05) is 0 Å². The Hall–Kier alpha value is -2.05. The summed E-state index contributed by atoms with van der Waals surface area (Å²) < 4.78 is 29.3. The Balaban J connectivity index is 1.85. The number of amides is 1. The molecule has 1 aliphatic carbocycles. The van der Waals surface area contributed by atoms with Gasteiger partial charge in [0, 0.05) is 46.8 Å². The van der Waals surface area contributed by atoms with Gasteiger partial charge in [-0.25, -0.2) is 8.78 Å². The fourth-order valence-corrected chi connectivity index (χ4v) is 3.31. The molecule has 0 fully saturated rings. The van der Waals surface area contributed by atoms with Crippen molar-refractivity contribution in [3.05, 3.63) is 63.1 Å². The van der Waals surface area contributed by atoms with Gasteiger partial charge in [-0.1, -0.05) is 29.3 Å². The van der Waals surface area contributed by atoms with Crippen molar-refractivity contribution >= 4 is 34.9 Å². The molecule has 1 heterocycles. The number of aromatic nitrogens is 1. The third-order valence-electron chi connectivity index (χ3n) is 4.09. The normalized spacial score (nSPS) is 19.4. The Morgan fingerprint density at radius 1 is 1.36 bits per heavy atom. The van der Waals surface area contributed by atoms with Crippen molar-refractivity contribution in [2.45, 2.75) is 25.1 Å². The number of benzene rings is 1. The van der Waals surface area contributed by atoms with E-state index >= 15 is 4.39 Å². The lowest BCUT2D eigenvalue weighted by Gasteiger charge is -2.29. The van der Waals surface area contributed by atoms with Gasteiger partial charge in [0.1, 0.15) is 11.5 Å². The average molecular weight is 385 g/mol. The highest BCUT2D eigenvalue weighted by Crippen LogP contribution is 2.38. The first-order chi connectivity index (χ1) is 11.8. The van der Waals surface area contributed by atoms with E-state index in [0.717, 1.165) is 6.07 Å². The zero-order valence-electron chi connectivity index (χ0n) is 12.8. The van der Waals surface area contributed by atoms with Crippen LogP contribution in [0.15, 0.2) is 30.5 Å². The minimum absolute atomic E-state index is 0.00122. The van der Waals surface area contributed by atoms with E-state index in [-0.39, 0.29) is 52.0 Å². The van der Waals surface area contributed by atoms with E-state index in [1.165, 1.54) is 24.4 Å². The number of Topliss-reactive ketones (excluding diaryl/α,β-unsaturated/α-hetero) is 1. The van der Waals surface area contributed by atoms with Gasteiger partial charge in [0.05, 0.1) is 0 Å². The molecule has 0 unspecified atom stereocenters. The summed E-state index contributed by atoms with van der Waals surface area (Å²) in [4.78, 5) is 28.2. The molecule has 0 saturated heterocycles. The van der Waals surface area contributed by atoms with Gasteiger partial charge < -0.3 is 5.32 Å². The van der Waals surface area contributed by atoms with Gasteiger partial charge in [-0.3, -0.25) is 14.6 Å². The van der Waals surface area contributed by atoms with E-state index in [9.17, 15) is 14.0 Å². The first-order valence-electron chi connectivity index (χ1n) is 7.42. The van der Waals surface area contributed by atoms with Gasteiger partial charge in [0.15, 0.2) is 5.78 Å². The number of nitrogens with zero attached hydrogens (tertiary/aromatic N) is 1. The van der Waals surface area contributed by atoms with Crippen LogP contribution in [0.3, 0.4) is 0 Å². The van der Waals surface area contributed by atoms with Crippen molar-refractivity contribution in [3.63, 3.8) is 0 Å². The maximum absolute atomic E-state index is 15.3. The third kappa shape index (κ3) is 3.24. The quantitative estimate of drug-likeness (QED) is 0.870. The lowest BCUT2D eigenvalue weighted by atomic mass is 9.81.